The van der Waals surface area contributed by atoms with E-state index in [1.807, 2.05) is 52.4 Å². The van der Waals surface area contributed by atoms with Crippen molar-refractivity contribution in [2.45, 2.75) is 52.4 Å². The monoisotopic (exact) mass is 736 g/mol. The normalized spacial score (nSPS) is 15.7. The average molecular weight is 737 g/mol. The van der Waals surface area contributed by atoms with Gasteiger partial charge in [-0.05, 0) is 52.4 Å². The third-order valence-corrected chi connectivity index (χ3v) is 30.5. The van der Waals surface area contributed by atoms with Gasteiger partial charge < -0.3 is 55.7 Å². The summed E-state index contributed by atoms with van der Waals surface area (Å²) in [4.78, 5) is 12.0. The van der Waals surface area contributed by atoms with Crippen LogP contribution in [0.1, 0.15) is 0 Å². The number of hydrogen-bond acceptors (Lipinski definition) is 13. The highest BCUT2D eigenvalue weighted by atomic mass is 28.6. The van der Waals surface area contributed by atoms with Gasteiger partial charge in [0, 0.05) is 35.5 Å². The Balaban J connectivity index is 7.43. The van der Waals surface area contributed by atoms with E-state index in [0.29, 0.717) is 0 Å². The van der Waals surface area contributed by atoms with Crippen molar-refractivity contribution in [1.82, 2.24) is 0 Å². The van der Waals surface area contributed by atoms with Crippen LogP contribution in [0.3, 0.4) is 0 Å². The number of rotatable bonds is 23. The summed E-state index contributed by atoms with van der Waals surface area (Å²) in [5, 5.41) is 0. The molecule has 0 saturated carbocycles. The van der Waals surface area contributed by atoms with Gasteiger partial charge in [-0.1, -0.05) is 22.8 Å². The second-order valence-electron chi connectivity index (χ2n) is 11.0. The van der Waals surface area contributed by atoms with Gasteiger partial charge in [0.2, 0.25) is 33.3 Å². The largest absolute Gasteiger partial charge is 0.673 e. The summed E-state index contributed by atoms with van der Waals surface area (Å²) in [6, 6.07) is 0. The summed E-state index contributed by atoms with van der Waals surface area (Å²) >= 11 is 0. The third-order valence-electron chi connectivity index (χ3n) is 5.53. The minimum Gasteiger partial charge on any atom is -0.391 e. The molecule has 13 nitrogen and oxygen atoms in total. The minimum absolute atomic E-state index is 1.20. The first-order valence-electron chi connectivity index (χ1n) is 12.9. The summed E-state index contributed by atoms with van der Waals surface area (Å²) < 4.78 is 72.7. The van der Waals surface area contributed by atoms with E-state index in [0.717, 1.165) is 0 Å². The highest BCUT2D eigenvalue weighted by molar-refractivity contribution is 6.93. The molecule has 21 heteroatoms. The first-order chi connectivity index (χ1) is 19.0. The smallest absolute Gasteiger partial charge is 0.391 e. The molecule has 0 aromatic carbocycles. The average Bonchev–Trinajstić information content (AvgIpc) is 2.90. The molecular formula is C21H52O13Si8. The van der Waals surface area contributed by atoms with Crippen LogP contribution in [0, 0.1) is 0 Å². The molecule has 0 radical (unpaired) electrons. The topological polar surface area (TPSA) is 131 Å². The zero-order valence-corrected chi connectivity index (χ0v) is 35.5. The van der Waals surface area contributed by atoms with Crippen molar-refractivity contribution in [2.24, 2.45) is 0 Å². The summed E-state index contributed by atoms with van der Waals surface area (Å²) in [5.41, 5.74) is 6.65. The van der Waals surface area contributed by atoms with Crippen molar-refractivity contribution in [1.29, 1.82) is 0 Å². The predicted molar refractivity (Wildman–Crippen MR) is 179 cm³/mol. The van der Waals surface area contributed by atoms with Crippen molar-refractivity contribution < 1.29 is 55.7 Å². The van der Waals surface area contributed by atoms with Gasteiger partial charge in [-0.25, -0.2) is 0 Å². The summed E-state index contributed by atoms with van der Waals surface area (Å²) in [5.74, 6) is 0. The van der Waals surface area contributed by atoms with E-state index in [9.17, 15) is 4.80 Å². The van der Waals surface area contributed by atoms with Crippen LogP contribution < -0.4 is 0 Å². The Morgan fingerprint density at radius 2 is 0.643 bits per heavy atom. The van der Waals surface area contributed by atoms with Crippen LogP contribution in [0.25, 0.3) is 0 Å². The van der Waals surface area contributed by atoms with E-state index in [4.69, 9.17) is 50.9 Å². The number of hydrogen-bond donors (Lipinski definition) is 1. The zero-order valence-electron chi connectivity index (χ0n) is 27.5. The van der Waals surface area contributed by atoms with Crippen LogP contribution in [0.5, 0.6) is 0 Å². The zero-order chi connectivity index (χ0) is 33.3. The lowest BCUT2D eigenvalue weighted by atomic mass is 11.3. The molecular weight excluding hydrogens is 685 g/mol. The first kappa shape index (κ1) is 42.2. The third kappa shape index (κ3) is 12.9. The predicted octanol–water partition coefficient (Wildman–Crippen LogP) is 3.79. The van der Waals surface area contributed by atoms with E-state index in [2.05, 4.69) is 26.3 Å². The fourth-order valence-corrected chi connectivity index (χ4v) is 26.7. The molecule has 0 fully saturated rings. The van der Waals surface area contributed by atoms with E-state index >= 15 is 0 Å². The van der Waals surface area contributed by atoms with Gasteiger partial charge >= 0.3 is 36.2 Å². The lowest BCUT2D eigenvalue weighted by Gasteiger charge is -2.44. The standard InChI is InChI=1S/C21H52O13Si8/c1-18-35(10,11)28-41(27-9,29-36(12,13)19-2)32-39(22,23-5)33-42(30-37(14,15)20-3,31-38(16,17)21-4)34-40(24-6,25-7)26-8/h18-22H,1-4H2,5-17H3/t39-/m0/s1. The van der Waals surface area contributed by atoms with Crippen molar-refractivity contribution in [2.75, 3.05) is 35.5 Å². The van der Waals surface area contributed by atoms with Crippen molar-refractivity contribution in [3.8, 4) is 0 Å². The molecule has 1 atom stereocenters. The quantitative estimate of drug-likeness (QED) is 0.153. The Labute approximate surface area is 261 Å². The fraction of sp³-hybridized carbons (Fsp3) is 0.619. The maximum absolute atomic E-state index is 12.0. The van der Waals surface area contributed by atoms with E-state index in [-0.39, 0.29) is 0 Å². The van der Waals surface area contributed by atoms with Gasteiger partial charge in [0.15, 0.2) is 0 Å². The molecule has 0 aliphatic heterocycles. The van der Waals surface area contributed by atoms with E-state index < -0.39 is 69.5 Å². The van der Waals surface area contributed by atoms with Gasteiger partial charge in [0.1, 0.15) is 0 Å². The molecule has 0 aliphatic carbocycles. The Bertz CT molecular complexity index is 864. The lowest BCUT2D eigenvalue weighted by Crippen LogP contribution is -2.73. The summed E-state index contributed by atoms with van der Waals surface area (Å²) in [6.07, 6.45) is 0. The molecule has 0 bridgehead atoms. The minimum atomic E-state index is -4.92. The van der Waals surface area contributed by atoms with Crippen LogP contribution in [-0.2, 0) is 50.9 Å². The SMILES string of the molecule is C=C[Si](C)(C)O[Si](OC)(O[Si](C)(C)C=C)O[Si@](O)(OC)O[Si](O[Si](C)(C)C=C)(O[Si](C)(C)C=C)O[Si](OC)(OC)OC. The van der Waals surface area contributed by atoms with Crippen molar-refractivity contribution in [3.05, 3.63) is 49.1 Å². The van der Waals surface area contributed by atoms with Crippen LogP contribution in [0.15, 0.2) is 49.1 Å². The van der Waals surface area contributed by atoms with Crippen molar-refractivity contribution in [3.63, 3.8) is 0 Å². The molecule has 0 unspecified atom stereocenters. The van der Waals surface area contributed by atoms with Gasteiger partial charge in [0.05, 0.1) is 0 Å². The van der Waals surface area contributed by atoms with Crippen LogP contribution >= 0.6 is 0 Å². The molecule has 0 heterocycles. The molecule has 0 spiro atoms. The Hall–Kier alpha value is 0.175. The van der Waals surface area contributed by atoms with Crippen LogP contribution in [0.4, 0.5) is 0 Å². The van der Waals surface area contributed by atoms with Crippen molar-refractivity contribution >= 4 is 69.5 Å². The highest BCUT2D eigenvalue weighted by Crippen LogP contribution is 2.33. The molecule has 0 aliphatic rings. The maximum Gasteiger partial charge on any atom is 0.673 e. The molecule has 0 aromatic rings. The molecule has 246 valence electrons. The fourth-order valence-electron chi connectivity index (χ4n) is 2.72. The van der Waals surface area contributed by atoms with Gasteiger partial charge in [0.25, 0.3) is 0 Å². The van der Waals surface area contributed by atoms with Crippen LogP contribution in [-0.4, -0.2) is 110 Å². The van der Waals surface area contributed by atoms with Gasteiger partial charge in [-0.2, -0.15) is 0 Å². The molecule has 0 saturated heterocycles. The Morgan fingerprint density at radius 3 is 0.881 bits per heavy atom. The lowest BCUT2D eigenvalue weighted by molar-refractivity contribution is -0.0248. The van der Waals surface area contributed by atoms with Gasteiger partial charge in [-0.3, -0.25) is 0 Å². The summed E-state index contributed by atoms with van der Waals surface area (Å²) in [6.45, 7) is 30.4. The highest BCUT2D eigenvalue weighted by Gasteiger charge is 2.69. The second-order valence-corrected chi connectivity index (χ2v) is 37.3. The molecule has 42 heavy (non-hydrogen) atoms. The molecule has 0 amide bonds. The molecule has 0 rings (SSSR count). The Morgan fingerprint density at radius 1 is 0.381 bits per heavy atom. The molecule has 1 N–H and O–H groups in total. The van der Waals surface area contributed by atoms with Gasteiger partial charge in [-0.15, -0.1) is 26.3 Å². The van der Waals surface area contributed by atoms with E-state index in [1.54, 1.807) is 22.8 Å². The second kappa shape index (κ2) is 16.1. The van der Waals surface area contributed by atoms with Crippen LogP contribution in [0.2, 0.25) is 52.4 Å². The first-order valence-corrected chi connectivity index (χ1v) is 31.4. The summed E-state index contributed by atoms with van der Waals surface area (Å²) in [7, 11) is -22.2. The maximum atomic E-state index is 12.0. The van der Waals surface area contributed by atoms with E-state index in [1.165, 1.54) is 35.5 Å². The Kier molecular flexibility index (Phi) is 16.2. The molecule has 0 aromatic heterocycles.